The van der Waals surface area contributed by atoms with Crippen molar-refractivity contribution < 1.29 is 14.3 Å². The SMILES string of the molecule is O=C(CC1Sc2ccc(Cl)cc2NC1=O)OCC1CCCCC1. The highest BCUT2D eigenvalue weighted by Gasteiger charge is 2.30. The van der Waals surface area contributed by atoms with Crippen LogP contribution in [0.15, 0.2) is 23.1 Å². The van der Waals surface area contributed by atoms with E-state index in [4.69, 9.17) is 16.3 Å². The Kier molecular flexibility index (Phi) is 5.49. The summed E-state index contributed by atoms with van der Waals surface area (Å²) in [6.07, 6.45) is 6.11. The van der Waals surface area contributed by atoms with Gasteiger partial charge in [-0.25, -0.2) is 0 Å². The molecule has 1 aromatic rings. The number of fused-ring (bicyclic) bond motifs is 1. The molecule has 1 aromatic carbocycles. The number of benzene rings is 1. The van der Waals surface area contributed by atoms with Crippen LogP contribution in [-0.2, 0) is 14.3 Å². The summed E-state index contributed by atoms with van der Waals surface area (Å²) in [5, 5.41) is 2.95. The van der Waals surface area contributed by atoms with Gasteiger partial charge in [-0.05, 0) is 37.0 Å². The largest absolute Gasteiger partial charge is 0.465 e. The van der Waals surface area contributed by atoms with Crippen LogP contribution in [0.4, 0.5) is 5.69 Å². The van der Waals surface area contributed by atoms with Crippen molar-refractivity contribution in [1.82, 2.24) is 0 Å². The van der Waals surface area contributed by atoms with Crippen LogP contribution in [0.2, 0.25) is 5.02 Å². The standard InChI is InChI=1S/C17H20ClNO3S/c18-12-6-7-14-13(8-12)19-17(21)15(23-14)9-16(20)22-10-11-4-2-1-3-5-11/h6-8,11,15H,1-5,9-10H2,(H,19,21). The van der Waals surface area contributed by atoms with Crippen molar-refractivity contribution in [3.8, 4) is 0 Å². The molecule has 0 spiro atoms. The third-order valence-corrected chi connectivity index (χ3v) is 5.83. The molecule has 1 aliphatic carbocycles. The van der Waals surface area contributed by atoms with Crippen molar-refractivity contribution in [2.45, 2.75) is 48.7 Å². The summed E-state index contributed by atoms with van der Waals surface area (Å²) in [6, 6.07) is 5.37. The summed E-state index contributed by atoms with van der Waals surface area (Å²) < 4.78 is 5.39. The highest BCUT2D eigenvalue weighted by atomic mass is 35.5. The van der Waals surface area contributed by atoms with Gasteiger partial charge in [-0.1, -0.05) is 30.9 Å². The molecule has 1 unspecified atom stereocenters. The Hall–Kier alpha value is -1.20. The van der Waals surface area contributed by atoms with Crippen LogP contribution >= 0.6 is 23.4 Å². The van der Waals surface area contributed by atoms with Gasteiger partial charge in [-0.2, -0.15) is 0 Å². The number of esters is 1. The molecule has 124 valence electrons. The van der Waals surface area contributed by atoms with Crippen LogP contribution in [-0.4, -0.2) is 23.7 Å². The number of rotatable bonds is 4. The predicted molar refractivity (Wildman–Crippen MR) is 91.9 cm³/mol. The van der Waals surface area contributed by atoms with Crippen molar-refractivity contribution >= 4 is 40.9 Å². The molecule has 1 aliphatic heterocycles. The minimum Gasteiger partial charge on any atom is -0.465 e. The molecule has 1 atom stereocenters. The summed E-state index contributed by atoms with van der Waals surface area (Å²) in [7, 11) is 0. The molecule has 4 nitrogen and oxygen atoms in total. The molecule has 1 amide bonds. The molecule has 0 bridgehead atoms. The molecule has 6 heteroatoms. The number of amides is 1. The maximum Gasteiger partial charge on any atom is 0.307 e. The zero-order chi connectivity index (χ0) is 16.2. The molecule has 1 N–H and O–H groups in total. The van der Waals surface area contributed by atoms with E-state index in [1.54, 1.807) is 12.1 Å². The number of nitrogens with one attached hydrogen (secondary N) is 1. The fraction of sp³-hybridized carbons (Fsp3) is 0.529. The van der Waals surface area contributed by atoms with Crippen LogP contribution in [0.1, 0.15) is 38.5 Å². The van der Waals surface area contributed by atoms with E-state index in [1.165, 1.54) is 31.0 Å². The first-order valence-electron chi connectivity index (χ1n) is 8.04. The second-order valence-electron chi connectivity index (χ2n) is 6.13. The summed E-state index contributed by atoms with van der Waals surface area (Å²) in [4.78, 5) is 25.1. The fourth-order valence-corrected chi connectivity index (χ4v) is 4.28. The number of thioether (sulfide) groups is 1. The van der Waals surface area contributed by atoms with Crippen LogP contribution in [0, 0.1) is 5.92 Å². The van der Waals surface area contributed by atoms with Gasteiger partial charge in [-0.3, -0.25) is 9.59 Å². The first-order chi connectivity index (χ1) is 11.1. The van der Waals surface area contributed by atoms with E-state index in [0.717, 1.165) is 17.7 Å². The van der Waals surface area contributed by atoms with Crippen LogP contribution < -0.4 is 5.32 Å². The Labute approximate surface area is 145 Å². The Morgan fingerprint density at radius 2 is 2.09 bits per heavy atom. The quantitative estimate of drug-likeness (QED) is 0.821. The monoisotopic (exact) mass is 353 g/mol. The molecular formula is C17H20ClNO3S. The van der Waals surface area contributed by atoms with Crippen molar-refractivity contribution in [1.29, 1.82) is 0 Å². The van der Waals surface area contributed by atoms with Crippen LogP contribution in [0.3, 0.4) is 0 Å². The zero-order valence-corrected chi connectivity index (χ0v) is 14.4. The number of hydrogen-bond donors (Lipinski definition) is 1. The third kappa shape index (κ3) is 4.42. The van der Waals surface area contributed by atoms with Gasteiger partial charge in [0.15, 0.2) is 0 Å². The van der Waals surface area contributed by atoms with E-state index in [-0.39, 0.29) is 18.3 Å². The van der Waals surface area contributed by atoms with E-state index in [0.29, 0.717) is 23.2 Å². The van der Waals surface area contributed by atoms with Gasteiger partial charge in [0, 0.05) is 9.92 Å². The van der Waals surface area contributed by atoms with Crippen molar-refractivity contribution in [2.24, 2.45) is 5.92 Å². The van der Waals surface area contributed by atoms with Gasteiger partial charge in [0.1, 0.15) is 0 Å². The average molecular weight is 354 g/mol. The number of carbonyl (C=O) groups excluding carboxylic acids is 2. The van der Waals surface area contributed by atoms with Gasteiger partial charge in [0.2, 0.25) is 5.91 Å². The van der Waals surface area contributed by atoms with E-state index in [9.17, 15) is 9.59 Å². The zero-order valence-electron chi connectivity index (χ0n) is 12.8. The Morgan fingerprint density at radius 1 is 1.30 bits per heavy atom. The lowest BCUT2D eigenvalue weighted by atomic mass is 9.90. The molecule has 23 heavy (non-hydrogen) atoms. The van der Waals surface area contributed by atoms with Gasteiger partial charge < -0.3 is 10.1 Å². The lowest BCUT2D eigenvalue weighted by Crippen LogP contribution is -2.31. The lowest BCUT2D eigenvalue weighted by molar-refractivity contribution is -0.146. The number of hydrogen-bond acceptors (Lipinski definition) is 4. The Bertz CT molecular complexity index is 602. The maximum atomic E-state index is 12.1. The molecule has 2 aliphatic rings. The number of halogens is 1. The molecule has 0 aromatic heterocycles. The first-order valence-corrected chi connectivity index (χ1v) is 9.30. The first kappa shape index (κ1) is 16.7. The van der Waals surface area contributed by atoms with Gasteiger partial charge in [0.05, 0.1) is 24.0 Å². The number of anilines is 1. The molecule has 1 fully saturated rings. The van der Waals surface area contributed by atoms with Crippen LogP contribution in [0.5, 0.6) is 0 Å². The van der Waals surface area contributed by atoms with Crippen molar-refractivity contribution in [2.75, 3.05) is 11.9 Å². The lowest BCUT2D eigenvalue weighted by Gasteiger charge is -2.24. The topological polar surface area (TPSA) is 55.4 Å². The third-order valence-electron chi connectivity index (χ3n) is 4.32. The van der Waals surface area contributed by atoms with E-state index < -0.39 is 5.25 Å². The highest BCUT2D eigenvalue weighted by Crippen LogP contribution is 2.38. The average Bonchev–Trinajstić information content (AvgIpc) is 2.55. The second kappa shape index (κ2) is 7.58. The molecule has 0 radical (unpaired) electrons. The van der Waals surface area contributed by atoms with E-state index in [2.05, 4.69) is 5.32 Å². The van der Waals surface area contributed by atoms with Gasteiger partial charge in [0.25, 0.3) is 0 Å². The fourth-order valence-electron chi connectivity index (χ4n) is 3.03. The van der Waals surface area contributed by atoms with Crippen LogP contribution in [0.25, 0.3) is 0 Å². The van der Waals surface area contributed by atoms with Crippen molar-refractivity contribution in [3.63, 3.8) is 0 Å². The summed E-state index contributed by atoms with van der Waals surface area (Å²) in [6.45, 7) is 0.490. The predicted octanol–water partition coefficient (Wildman–Crippen LogP) is 4.27. The summed E-state index contributed by atoms with van der Waals surface area (Å²) in [5.41, 5.74) is 0.708. The smallest absolute Gasteiger partial charge is 0.307 e. The summed E-state index contributed by atoms with van der Waals surface area (Å²) >= 11 is 7.32. The molecule has 3 rings (SSSR count). The molecular weight excluding hydrogens is 334 g/mol. The summed E-state index contributed by atoms with van der Waals surface area (Å²) in [5.74, 6) is 0.0309. The second-order valence-corrected chi connectivity index (χ2v) is 7.81. The molecule has 1 heterocycles. The van der Waals surface area contributed by atoms with Crippen molar-refractivity contribution in [3.05, 3.63) is 23.2 Å². The maximum absolute atomic E-state index is 12.1. The Balaban J connectivity index is 1.52. The van der Waals surface area contributed by atoms with E-state index >= 15 is 0 Å². The van der Waals surface area contributed by atoms with Gasteiger partial charge in [-0.15, -0.1) is 11.8 Å². The highest BCUT2D eigenvalue weighted by molar-refractivity contribution is 8.01. The molecule has 1 saturated carbocycles. The number of carbonyl (C=O) groups is 2. The minimum absolute atomic E-state index is 0.102. The minimum atomic E-state index is -0.442. The number of ether oxygens (including phenoxy) is 1. The molecule has 0 saturated heterocycles. The Morgan fingerprint density at radius 3 is 2.87 bits per heavy atom. The normalized spacial score (nSPS) is 21.4. The van der Waals surface area contributed by atoms with Gasteiger partial charge >= 0.3 is 5.97 Å². The van der Waals surface area contributed by atoms with E-state index in [1.807, 2.05) is 6.07 Å².